The molecular formula is C24H31N3O6. The van der Waals surface area contributed by atoms with E-state index in [1.54, 1.807) is 18.2 Å². The molecule has 1 atom stereocenters. The van der Waals surface area contributed by atoms with Crippen LogP contribution in [0.15, 0.2) is 18.2 Å². The lowest BCUT2D eigenvalue weighted by molar-refractivity contribution is -0.155. The van der Waals surface area contributed by atoms with Crippen LogP contribution in [0.4, 0.5) is 5.69 Å². The van der Waals surface area contributed by atoms with Gasteiger partial charge in [-0.05, 0) is 52.2 Å². The summed E-state index contributed by atoms with van der Waals surface area (Å²) < 4.78 is 5.27. The third kappa shape index (κ3) is 6.40. The number of fused-ring (bicyclic) bond motifs is 1. The fourth-order valence-corrected chi connectivity index (χ4v) is 4.04. The van der Waals surface area contributed by atoms with E-state index in [-0.39, 0.29) is 43.1 Å². The second kappa shape index (κ2) is 10.1. The number of unbranched alkanes of at least 4 members (excludes halogenated alkanes) is 2. The number of amides is 4. The zero-order valence-corrected chi connectivity index (χ0v) is 19.4. The molecule has 2 aliphatic rings. The Morgan fingerprint density at radius 1 is 1.12 bits per heavy atom. The first-order chi connectivity index (χ1) is 15.5. The molecule has 1 unspecified atom stereocenters. The summed E-state index contributed by atoms with van der Waals surface area (Å²) in [5.74, 6) is -1.49. The summed E-state index contributed by atoms with van der Waals surface area (Å²) in [6.07, 6.45) is 3.10. The van der Waals surface area contributed by atoms with E-state index >= 15 is 0 Å². The molecule has 9 heteroatoms. The summed E-state index contributed by atoms with van der Waals surface area (Å²) in [4.78, 5) is 62.1. The monoisotopic (exact) mass is 457 g/mol. The molecule has 2 heterocycles. The first kappa shape index (κ1) is 24.4. The Kier molecular flexibility index (Phi) is 7.50. The van der Waals surface area contributed by atoms with Gasteiger partial charge in [0.05, 0.1) is 0 Å². The number of rotatable bonds is 8. The van der Waals surface area contributed by atoms with Crippen LogP contribution in [0.25, 0.3) is 0 Å². The number of carbonyl (C=O) groups excluding carboxylic acids is 5. The number of hydrogen-bond acceptors (Lipinski definition) is 6. The Hall–Kier alpha value is -3.23. The molecule has 9 nitrogen and oxygen atoms in total. The van der Waals surface area contributed by atoms with E-state index in [9.17, 15) is 24.0 Å². The van der Waals surface area contributed by atoms with Crippen molar-refractivity contribution < 1.29 is 28.7 Å². The van der Waals surface area contributed by atoms with Gasteiger partial charge < -0.3 is 15.0 Å². The van der Waals surface area contributed by atoms with Gasteiger partial charge in [-0.3, -0.25) is 29.3 Å². The average Bonchev–Trinajstić information content (AvgIpc) is 3.04. The number of ether oxygens (including phenoxy) is 1. The van der Waals surface area contributed by atoms with E-state index in [2.05, 4.69) is 10.6 Å². The molecule has 33 heavy (non-hydrogen) atoms. The lowest BCUT2D eigenvalue weighted by Gasteiger charge is -2.29. The second-order valence-electron chi connectivity index (χ2n) is 9.43. The van der Waals surface area contributed by atoms with Gasteiger partial charge in [-0.25, -0.2) is 0 Å². The predicted octanol–water partition coefficient (Wildman–Crippen LogP) is 2.68. The van der Waals surface area contributed by atoms with Crippen LogP contribution in [0.3, 0.4) is 0 Å². The molecule has 0 spiro atoms. The van der Waals surface area contributed by atoms with Crippen LogP contribution < -0.4 is 10.6 Å². The normalized spacial score (nSPS) is 18.1. The van der Waals surface area contributed by atoms with Crippen LogP contribution in [0.2, 0.25) is 0 Å². The number of hydrogen-bond donors (Lipinski definition) is 2. The lowest BCUT2D eigenvalue weighted by atomic mass is 10.0. The number of anilines is 1. The van der Waals surface area contributed by atoms with Crippen molar-refractivity contribution in [3.05, 3.63) is 29.3 Å². The van der Waals surface area contributed by atoms with Gasteiger partial charge in [0, 0.05) is 42.6 Å². The maximum absolute atomic E-state index is 12.9. The summed E-state index contributed by atoms with van der Waals surface area (Å²) >= 11 is 0. The van der Waals surface area contributed by atoms with E-state index < -0.39 is 17.6 Å². The minimum absolute atomic E-state index is 0.174. The van der Waals surface area contributed by atoms with E-state index in [1.807, 2.05) is 20.8 Å². The maximum atomic E-state index is 12.9. The van der Waals surface area contributed by atoms with Crippen LogP contribution >= 0.6 is 0 Å². The van der Waals surface area contributed by atoms with Gasteiger partial charge in [-0.15, -0.1) is 0 Å². The molecule has 1 aromatic rings. The number of nitrogens with one attached hydrogen (secondary N) is 2. The molecule has 178 valence electrons. The van der Waals surface area contributed by atoms with Crippen molar-refractivity contribution in [2.24, 2.45) is 0 Å². The largest absolute Gasteiger partial charge is 0.460 e. The number of benzene rings is 1. The molecule has 1 fully saturated rings. The molecule has 0 radical (unpaired) electrons. The second-order valence-corrected chi connectivity index (χ2v) is 9.43. The molecule has 0 saturated carbocycles. The molecule has 2 aliphatic heterocycles. The highest BCUT2D eigenvalue weighted by Gasteiger charge is 2.39. The average molecular weight is 458 g/mol. The highest BCUT2D eigenvalue weighted by atomic mass is 16.6. The van der Waals surface area contributed by atoms with Crippen molar-refractivity contribution >= 4 is 35.3 Å². The fraction of sp³-hybridized carbons (Fsp3) is 0.542. The van der Waals surface area contributed by atoms with Crippen molar-refractivity contribution in [2.75, 3.05) is 5.32 Å². The van der Waals surface area contributed by atoms with Gasteiger partial charge in [0.2, 0.25) is 17.7 Å². The summed E-state index contributed by atoms with van der Waals surface area (Å²) in [6.45, 7) is 5.68. The molecule has 1 saturated heterocycles. The Balaban J connectivity index is 1.50. The lowest BCUT2D eigenvalue weighted by Crippen LogP contribution is -2.52. The van der Waals surface area contributed by atoms with Crippen LogP contribution in [0.1, 0.15) is 81.6 Å². The first-order valence-corrected chi connectivity index (χ1v) is 11.3. The zero-order valence-electron chi connectivity index (χ0n) is 19.4. The molecule has 0 aromatic heterocycles. The van der Waals surface area contributed by atoms with Crippen LogP contribution in [0, 0.1) is 0 Å². The Morgan fingerprint density at radius 3 is 2.55 bits per heavy atom. The molecule has 2 N–H and O–H groups in total. The molecular weight excluding hydrogens is 426 g/mol. The topological polar surface area (TPSA) is 122 Å². The van der Waals surface area contributed by atoms with E-state index in [1.165, 1.54) is 4.90 Å². The highest BCUT2D eigenvalue weighted by molar-refractivity contribution is 6.06. The summed E-state index contributed by atoms with van der Waals surface area (Å²) in [7, 11) is 0. The summed E-state index contributed by atoms with van der Waals surface area (Å²) in [6, 6.07) is 4.41. The number of esters is 1. The first-order valence-electron chi connectivity index (χ1n) is 11.3. The smallest absolute Gasteiger partial charge is 0.306 e. The maximum Gasteiger partial charge on any atom is 0.306 e. The minimum atomic E-state index is -0.698. The van der Waals surface area contributed by atoms with Crippen LogP contribution in [-0.2, 0) is 30.5 Å². The zero-order chi connectivity index (χ0) is 24.2. The summed E-state index contributed by atoms with van der Waals surface area (Å²) in [5, 5.41) is 5.15. The number of piperidine rings is 1. The van der Waals surface area contributed by atoms with E-state index in [4.69, 9.17) is 4.74 Å². The molecule has 3 rings (SSSR count). The van der Waals surface area contributed by atoms with Crippen molar-refractivity contribution in [2.45, 2.75) is 83.9 Å². The fourth-order valence-electron chi connectivity index (χ4n) is 4.04. The third-order valence-corrected chi connectivity index (χ3v) is 5.56. The van der Waals surface area contributed by atoms with Crippen LogP contribution in [-0.4, -0.2) is 46.1 Å². The Morgan fingerprint density at radius 2 is 1.85 bits per heavy atom. The Bertz CT molecular complexity index is 965. The standard InChI is InChI=1S/C24H31N3O6/c1-24(2,3)33-21(30)11-6-4-5-10-19(28)25-17-9-7-8-15-16(17)14-27(23(15)32)18-12-13-20(29)26-22(18)31/h7-9,18H,4-6,10-14H2,1-3H3,(H,25,28)(H,26,29,31). The van der Waals surface area contributed by atoms with E-state index in [0.717, 1.165) is 6.42 Å². The van der Waals surface area contributed by atoms with E-state index in [0.29, 0.717) is 42.5 Å². The van der Waals surface area contributed by atoms with Gasteiger partial charge in [-0.2, -0.15) is 0 Å². The third-order valence-electron chi connectivity index (χ3n) is 5.56. The molecule has 1 aromatic carbocycles. The van der Waals surface area contributed by atoms with Gasteiger partial charge >= 0.3 is 5.97 Å². The Labute approximate surface area is 193 Å². The quantitative estimate of drug-likeness (QED) is 0.352. The SMILES string of the molecule is CC(C)(C)OC(=O)CCCCCC(=O)Nc1cccc2c1CN(C1CCC(=O)NC1=O)C2=O. The molecule has 0 aliphatic carbocycles. The minimum Gasteiger partial charge on any atom is -0.460 e. The van der Waals surface area contributed by atoms with Gasteiger partial charge in [-0.1, -0.05) is 12.5 Å². The van der Waals surface area contributed by atoms with Gasteiger partial charge in [0.15, 0.2) is 0 Å². The number of imide groups is 1. The molecule has 4 amide bonds. The summed E-state index contributed by atoms with van der Waals surface area (Å²) in [5.41, 5.74) is 1.18. The van der Waals surface area contributed by atoms with Crippen molar-refractivity contribution in [1.82, 2.24) is 10.2 Å². The van der Waals surface area contributed by atoms with Gasteiger partial charge in [0.1, 0.15) is 11.6 Å². The number of carbonyl (C=O) groups is 5. The van der Waals surface area contributed by atoms with Gasteiger partial charge in [0.25, 0.3) is 5.91 Å². The predicted molar refractivity (Wildman–Crippen MR) is 120 cm³/mol. The molecule has 0 bridgehead atoms. The van der Waals surface area contributed by atoms with Crippen molar-refractivity contribution in [3.63, 3.8) is 0 Å². The van der Waals surface area contributed by atoms with Crippen molar-refractivity contribution in [3.8, 4) is 0 Å². The number of nitrogens with zero attached hydrogens (tertiary/aromatic N) is 1. The highest BCUT2D eigenvalue weighted by Crippen LogP contribution is 2.32. The van der Waals surface area contributed by atoms with Crippen molar-refractivity contribution in [1.29, 1.82) is 0 Å². The van der Waals surface area contributed by atoms with Crippen LogP contribution in [0.5, 0.6) is 0 Å².